The highest BCUT2D eigenvalue weighted by Crippen LogP contribution is 2.25. The number of thiazole rings is 2. The average molecular weight is 390 g/mol. The summed E-state index contributed by atoms with van der Waals surface area (Å²) in [7, 11) is 0. The fourth-order valence-corrected chi connectivity index (χ4v) is 4.01. The molecule has 0 atom stereocenters. The summed E-state index contributed by atoms with van der Waals surface area (Å²) in [4.78, 5) is 26.5. The molecule has 24 heavy (non-hydrogen) atoms. The van der Waals surface area contributed by atoms with E-state index in [1.54, 1.807) is 13.1 Å². The van der Waals surface area contributed by atoms with Crippen LogP contribution in [0.25, 0.3) is 0 Å². The second-order valence-electron chi connectivity index (χ2n) is 5.16. The van der Waals surface area contributed by atoms with Gasteiger partial charge >= 0.3 is 5.97 Å². The summed E-state index contributed by atoms with van der Waals surface area (Å²) in [5.74, 6) is -0.294. The minimum atomic E-state index is -0.294. The van der Waals surface area contributed by atoms with E-state index in [1.165, 1.54) is 27.6 Å². The molecule has 3 heterocycles. The van der Waals surface area contributed by atoms with Gasteiger partial charge in [0, 0.05) is 43.8 Å². The van der Waals surface area contributed by atoms with Gasteiger partial charge in [-0.05, 0) is 6.92 Å². The third-order valence-electron chi connectivity index (χ3n) is 3.56. The van der Waals surface area contributed by atoms with Gasteiger partial charge in [-0.3, -0.25) is 4.90 Å². The zero-order chi connectivity index (χ0) is 16.2. The number of halogens is 1. The van der Waals surface area contributed by atoms with Crippen LogP contribution in [-0.2, 0) is 11.3 Å². The molecule has 1 saturated heterocycles. The first-order valence-electron chi connectivity index (χ1n) is 7.46. The molecule has 0 aliphatic carbocycles. The number of rotatable bonds is 5. The quantitative estimate of drug-likeness (QED) is 0.784. The van der Waals surface area contributed by atoms with E-state index < -0.39 is 0 Å². The van der Waals surface area contributed by atoms with E-state index in [-0.39, 0.29) is 18.4 Å². The number of nitrogens with zero attached hydrogens (tertiary/aromatic N) is 4. The molecule has 0 radical (unpaired) electrons. The average Bonchev–Trinajstić information content (AvgIpc) is 3.18. The standard InChI is InChI=1S/C14H19N5O2S2.ClH/c1-2-21-12(20)11-8-17-14(23-11)19-5-3-18(4-6-19)9-10-7-16-13(15)22-10;/h7-8H,2-6,9H2,1H3,(H2,15,16);1H. The number of piperazine rings is 1. The summed E-state index contributed by atoms with van der Waals surface area (Å²) in [6.45, 7) is 6.75. The molecule has 1 aliphatic heterocycles. The molecule has 0 unspecified atom stereocenters. The Morgan fingerprint density at radius 3 is 2.62 bits per heavy atom. The number of hydrogen-bond acceptors (Lipinski definition) is 9. The van der Waals surface area contributed by atoms with Crippen LogP contribution < -0.4 is 10.6 Å². The Kier molecular flexibility index (Phi) is 6.79. The van der Waals surface area contributed by atoms with Gasteiger partial charge < -0.3 is 15.4 Å². The maximum atomic E-state index is 11.7. The van der Waals surface area contributed by atoms with E-state index in [4.69, 9.17) is 10.5 Å². The smallest absolute Gasteiger partial charge is 0.350 e. The Labute approximate surface area is 154 Å². The van der Waals surface area contributed by atoms with Gasteiger partial charge in [-0.2, -0.15) is 0 Å². The zero-order valence-corrected chi connectivity index (χ0v) is 15.8. The molecule has 0 spiro atoms. The van der Waals surface area contributed by atoms with Crippen LogP contribution in [0.4, 0.5) is 10.3 Å². The molecule has 2 N–H and O–H groups in total. The van der Waals surface area contributed by atoms with Gasteiger partial charge in [-0.25, -0.2) is 14.8 Å². The minimum absolute atomic E-state index is 0. The fraction of sp³-hybridized carbons (Fsp3) is 0.500. The summed E-state index contributed by atoms with van der Waals surface area (Å²) in [6.07, 6.45) is 3.45. The molecular weight excluding hydrogens is 370 g/mol. The molecule has 2 aromatic heterocycles. The molecule has 132 valence electrons. The van der Waals surface area contributed by atoms with Gasteiger partial charge in [0.05, 0.1) is 12.8 Å². The van der Waals surface area contributed by atoms with Crippen molar-refractivity contribution < 1.29 is 9.53 Å². The lowest BCUT2D eigenvalue weighted by Crippen LogP contribution is -2.45. The van der Waals surface area contributed by atoms with Crippen LogP contribution in [0.2, 0.25) is 0 Å². The van der Waals surface area contributed by atoms with Crippen LogP contribution in [0.3, 0.4) is 0 Å². The number of esters is 1. The van der Waals surface area contributed by atoms with Crippen molar-refractivity contribution in [3.63, 3.8) is 0 Å². The number of nitrogens with two attached hydrogens (primary N) is 1. The van der Waals surface area contributed by atoms with E-state index >= 15 is 0 Å². The summed E-state index contributed by atoms with van der Waals surface area (Å²) < 4.78 is 5.00. The summed E-state index contributed by atoms with van der Waals surface area (Å²) in [5.41, 5.74) is 5.67. The third kappa shape index (κ3) is 4.56. The van der Waals surface area contributed by atoms with Gasteiger partial charge in [-0.1, -0.05) is 11.3 Å². The number of ether oxygens (including phenoxy) is 1. The van der Waals surface area contributed by atoms with E-state index in [9.17, 15) is 4.79 Å². The molecule has 0 amide bonds. The molecular formula is C14H20ClN5O2S2. The molecule has 3 rings (SSSR count). The van der Waals surface area contributed by atoms with E-state index in [0.717, 1.165) is 37.9 Å². The number of hydrogen-bond donors (Lipinski definition) is 1. The van der Waals surface area contributed by atoms with Crippen LogP contribution in [0.1, 0.15) is 21.5 Å². The first-order chi connectivity index (χ1) is 11.2. The summed E-state index contributed by atoms with van der Waals surface area (Å²) in [5, 5.41) is 1.50. The van der Waals surface area contributed by atoms with Crippen LogP contribution >= 0.6 is 35.1 Å². The highest BCUT2D eigenvalue weighted by molar-refractivity contribution is 7.17. The molecule has 0 saturated carbocycles. The van der Waals surface area contributed by atoms with Crippen molar-refractivity contribution in [2.75, 3.05) is 43.4 Å². The monoisotopic (exact) mass is 389 g/mol. The summed E-state index contributed by atoms with van der Waals surface area (Å²) in [6, 6.07) is 0. The predicted molar refractivity (Wildman–Crippen MR) is 99.3 cm³/mol. The number of carbonyl (C=O) groups excluding carboxylic acids is 1. The Morgan fingerprint density at radius 2 is 2.00 bits per heavy atom. The Morgan fingerprint density at radius 1 is 1.25 bits per heavy atom. The van der Waals surface area contributed by atoms with Gasteiger partial charge in [0.25, 0.3) is 0 Å². The third-order valence-corrected chi connectivity index (χ3v) is 5.41. The van der Waals surface area contributed by atoms with E-state index in [1.807, 2.05) is 6.20 Å². The van der Waals surface area contributed by atoms with Gasteiger partial charge in [0.1, 0.15) is 4.88 Å². The lowest BCUT2D eigenvalue weighted by Gasteiger charge is -2.34. The molecule has 1 aliphatic rings. The Bertz CT molecular complexity index is 670. The zero-order valence-electron chi connectivity index (χ0n) is 13.3. The minimum Gasteiger partial charge on any atom is -0.462 e. The topological polar surface area (TPSA) is 84.6 Å². The second kappa shape index (κ2) is 8.61. The fourth-order valence-electron chi connectivity index (χ4n) is 2.42. The SMILES string of the molecule is CCOC(=O)c1cnc(N2CCN(Cc3cnc(N)s3)CC2)s1.Cl. The highest BCUT2D eigenvalue weighted by Gasteiger charge is 2.21. The van der Waals surface area contributed by atoms with Crippen molar-refractivity contribution in [3.8, 4) is 0 Å². The highest BCUT2D eigenvalue weighted by atomic mass is 35.5. The number of anilines is 2. The van der Waals surface area contributed by atoms with Crippen molar-refractivity contribution in [3.05, 3.63) is 22.1 Å². The van der Waals surface area contributed by atoms with Crippen molar-refractivity contribution in [2.24, 2.45) is 0 Å². The molecule has 0 aromatic carbocycles. The number of aromatic nitrogens is 2. The van der Waals surface area contributed by atoms with Gasteiger partial charge in [0.2, 0.25) is 0 Å². The van der Waals surface area contributed by atoms with E-state index in [0.29, 0.717) is 16.6 Å². The predicted octanol–water partition coefficient (Wildman–Crippen LogP) is 2.10. The lowest BCUT2D eigenvalue weighted by atomic mass is 10.3. The first-order valence-corrected chi connectivity index (χ1v) is 9.09. The van der Waals surface area contributed by atoms with Gasteiger partial charge in [0.15, 0.2) is 10.3 Å². The molecule has 7 nitrogen and oxygen atoms in total. The maximum absolute atomic E-state index is 11.7. The molecule has 10 heteroatoms. The largest absolute Gasteiger partial charge is 0.462 e. The van der Waals surface area contributed by atoms with Crippen molar-refractivity contribution in [1.82, 2.24) is 14.9 Å². The molecule has 2 aromatic rings. The lowest BCUT2D eigenvalue weighted by molar-refractivity contribution is 0.0532. The Balaban J connectivity index is 0.00000208. The van der Waals surface area contributed by atoms with Crippen LogP contribution in [0.5, 0.6) is 0 Å². The van der Waals surface area contributed by atoms with Crippen LogP contribution in [0.15, 0.2) is 12.4 Å². The van der Waals surface area contributed by atoms with Crippen LogP contribution in [0, 0.1) is 0 Å². The number of nitrogen functional groups attached to an aromatic ring is 1. The molecule has 0 bridgehead atoms. The van der Waals surface area contributed by atoms with Crippen LogP contribution in [-0.4, -0.2) is 53.6 Å². The van der Waals surface area contributed by atoms with Crippen molar-refractivity contribution >= 4 is 51.3 Å². The van der Waals surface area contributed by atoms with Crippen molar-refractivity contribution in [2.45, 2.75) is 13.5 Å². The maximum Gasteiger partial charge on any atom is 0.350 e. The van der Waals surface area contributed by atoms with Gasteiger partial charge in [-0.15, -0.1) is 23.7 Å². The Hall–Kier alpha value is -1.42. The normalized spacial score (nSPS) is 15.1. The summed E-state index contributed by atoms with van der Waals surface area (Å²) >= 11 is 2.93. The van der Waals surface area contributed by atoms with E-state index in [2.05, 4.69) is 19.8 Å². The molecule has 1 fully saturated rings. The number of carbonyl (C=O) groups is 1. The van der Waals surface area contributed by atoms with Crippen molar-refractivity contribution in [1.29, 1.82) is 0 Å². The second-order valence-corrected chi connectivity index (χ2v) is 7.31. The first kappa shape index (κ1) is 18.9.